The highest BCUT2D eigenvalue weighted by atomic mass is 16.5. The fourth-order valence-electron chi connectivity index (χ4n) is 1.35. The van der Waals surface area contributed by atoms with Gasteiger partial charge < -0.3 is 30.9 Å². The van der Waals surface area contributed by atoms with E-state index >= 15 is 0 Å². The summed E-state index contributed by atoms with van der Waals surface area (Å²) in [7, 11) is 1.55. The van der Waals surface area contributed by atoms with Gasteiger partial charge in [-0.3, -0.25) is 4.79 Å². The lowest BCUT2D eigenvalue weighted by atomic mass is 9.99. The van der Waals surface area contributed by atoms with Crippen LogP contribution in [-0.4, -0.2) is 64.5 Å². The summed E-state index contributed by atoms with van der Waals surface area (Å²) in [5.74, 6) is -1.15. The second-order valence-corrected chi connectivity index (χ2v) is 3.88. The normalized spacial score (nSPS) is 18.4. The van der Waals surface area contributed by atoms with Crippen molar-refractivity contribution >= 4 is 5.91 Å². The minimum atomic E-state index is -1.89. The van der Waals surface area contributed by atoms with Crippen LogP contribution in [0.2, 0.25) is 0 Å². The first kappa shape index (κ1) is 16.3. The first-order valence-corrected chi connectivity index (χ1v) is 5.42. The van der Waals surface area contributed by atoms with E-state index in [0.717, 1.165) is 0 Å². The maximum absolute atomic E-state index is 10.6. The van der Waals surface area contributed by atoms with E-state index in [1.165, 1.54) is 0 Å². The summed E-state index contributed by atoms with van der Waals surface area (Å²) < 4.78 is 4.81. The van der Waals surface area contributed by atoms with Crippen molar-refractivity contribution in [2.75, 3.05) is 13.7 Å². The molecule has 0 aliphatic rings. The van der Waals surface area contributed by atoms with E-state index < -0.39 is 30.3 Å². The molecule has 7 nitrogen and oxygen atoms in total. The molecule has 0 fully saturated rings. The van der Waals surface area contributed by atoms with Gasteiger partial charge in [-0.25, -0.2) is 0 Å². The van der Waals surface area contributed by atoms with Crippen LogP contribution in [0.25, 0.3) is 0 Å². The number of primary amides is 1. The smallest absolute Gasteiger partial charge is 0.249 e. The number of amides is 1. The minimum Gasteiger partial charge on any atom is -0.390 e. The number of hydrogen-bond donors (Lipinski definition) is 5. The Kier molecular flexibility index (Phi) is 8.01. The molecule has 0 bridgehead atoms. The second-order valence-electron chi connectivity index (χ2n) is 3.88. The summed E-state index contributed by atoms with van der Waals surface area (Å²) in [5.41, 5.74) is 4.76. The van der Waals surface area contributed by atoms with Crippen molar-refractivity contribution in [3.8, 4) is 0 Å². The van der Waals surface area contributed by atoms with E-state index in [9.17, 15) is 20.1 Å². The Morgan fingerprint density at radius 2 is 1.76 bits per heavy atom. The van der Waals surface area contributed by atoms with Crippen LogP contribution >= 0.6 is 0 Å². The largest absolute Gasteiger partial charge is 0.390 e. The van der Waals surface area contributed by atoms with Crippen LogP contribution in [0.15, 0.2) is 0 Å². The summed E-state index contributed by atoms with van der Waals surface area (Å²) >= 11 is 0. The molecule has 1 amide bonds. The predicted octanol–water partition coefficient (Wildman–Crippen LogP) is -2.27. The number of methoxy groups -OCH3 is 1. The van der Waals surface area contributed by atoms with Crippen LogP contribution in [0.1, 0.15) is 19.3 Å². The number of rotatable bonds is 9. The van der Waals surface area contributed by atoms with Gasteiger partial charge in [-0.15, -0.1) is 0 Å². The molecular formula is C10H21NO6. The highest BCUT2D eigenvalue weighted by Gasteiger charge is 2.32. The summed E-state index contributed by atoms with van der Waals surface area (Å²) in [6.07, 6.45) is -4.99. The molecule has 0 heterocycles. The summed E-state index contributed by atoms with van der Waals surface area (Å²) in [4.78, 5) is 10.6. The highest BCUT2D eigenvalue weighted by Crippen LogP contribution is 2.11. The molecule has 0 aliphatic carbocycles. The lowest BCUT2D eigenvalue weighted by Gasteiger charge is -2.25. The Morgan fingerprint density at radius 1 is 1.18 bits per heavy atom. The average Bonchev–Trinajstić information content (AvgIpc) is 2.31. The van der Waals surface area contributed by atoms with Crippen LogP contribution in [0.4, 0.5) is 0 Å². The topological polar surface area (TPSA) is 133 Å². The molecule has 0 rings (SSSR count). The van der Waals surface area contributed by atoms with E-state index in [4.69, 9.17) is 15.6 Å². The third kappa shape index (κ3) is 5.94. The summed E-state index contributed by atoms with van der Waals surface area (Å²) in [5, 5.41) is 37.4. The standard InChI is InChI=1S/C10H21NO6/c1-17-5-3-2-4-6(12)7(13)8(14)9(15)10(11)16/h6-9,12-15H,2-5H2,1H3,(H2,11,16)/t6-,7-,8+,9-/m1/s1. The van der Waals surface area contributed by atoms with E-state index in [0.29, 0.717) is 19.4 Å². The molecule has 0 aromatic heterocycles. The Hall–Kier alpha value is -0.730. The fourth-order valence-corrected chi connectivity index (χ4v) is 1.35. The Bertz CT molecular complexity index is 225. The van der Waals surface area contributed by atoms with E-state index in [-0.39, 0.29) is 6.42 Å². The monoisotopic (exact) mass is 251 g/mol. The van der Waals surface area contributed by atoms with Crippen molar-refractivity contribution in [1.29, 1.82) is 0 Å². The van der Waals surface area contributed by atoms with Gasteiger partial charge in [-0.2, -0.15) is 0 Å². The molecule has 0 aromatic carbocycles. The Labute approximate surface area is 99.8 Å². The molecule has 0 aliphatic heterocycles. The molecule has 0 spiro atoms. The van der Waals surface area contributed by atoms with E-state index in [1.807, 2.05) is 0 Å². The number of carbonyl (C=O) groups excluding carboxylic acids is 1. The van der Waals surface area contributed by atoms with Gasteiger partial charge >= 0.3 is 0 Å². The van der Waals surface area contributed by atoms with E-state index in [1.54, 1.807) is 7.11 Å². The highest BCUT2D eigenvalue weighted by molar-refractivity contribution is 5.79. The molecule has 102 valence electrons. The van der Waals surface area contributed by atoms with Gasteiger partial charge in [0.25, 0.3) is 0 Å². The van der Waals surface area contributed by atoms with Gasteiger partial charge in [0.15, 0.2) is 6.10 Å². The van der Waals surface area contributed by atoms with Crippen LogP contribution in [0.3, 0.4) is 0 Å². The molecule has 0 unspecified atom stereocenters. The maximum atomic E-state index is 10.6. The number of aliphatic hydroxyl groups excluding tert-OH is 4. The Balaban J connectivity index is 4.02. The lowest BCUT2D eigenvalue weighted by molar-refractivity contribution is -0.144. The van der Waals surface area contributed by atoms with Crippen LogP contribution in [0.5, 0.6) is 0 Å². The second kappa shape index (κ2) is 8.37. The fraction of sp³-hybridized carbons (Fsp3) is 0.900. The number of nitrogens with two attached hydrogens (primary N) is 1. The number of carbonyl (C=O) groups is 1. The molecule has 0 aromatic rings. The van der Waals surface area contributed by atoms with Gasteiger partial charge in [0.2, 0.25) is 5.91 Å². The van der Waals surface area contributed by atoms with Crippen LogP contribution in [-0.2, 0) is 9.53 Å². The molecule has 6 N–H and O–H groups in total. The molecule has 0 radical (unpaired) electrons. The van der Waals surface area contributed by atoms with E-state index in [2.05, 4.69) is 0 Å². The third-order valence-corrected chi connectivity index (χ3v) is 2.46. The van der Waals surface area contributed by atoms with Gasteiger partial charge in [-0.1, -0.05) is 0 Å². The number of unbranched alkanes of at least 4 members (excludes halogenated alkanes) is 1. The number of hydrogen-bond acceptors (Lipinski definition) is 6. The van der Waals surface area contributed by atoms with Crippen molar-refractivity contribution in [3.05, 3.63) is 0 Å². The average molecular weight is 251 g/mol. The zero-order valence-electron chi connectivity index (χ0n) is 9.82. The zero-order chi connectivity index (χ0) is 13.4. The molecule has 4 atom stereocenters. The molecule has 7 heteroatoms. The molecular weight excluding hydrogens is 230 g/mol. The maximum Gasteiger partial charge on any atom is 0.249 e. The summed E-state index contributed by atoms with van der Waals surface area (Å²) in [6.45, 7) is 0.537. The van der Waals surface area contributed by atoms with Crippen molar-refractivity contribution in [2.24, 2.45) is 5.73 Å². The van der Waals surface area contributed by atoms with Crippen molar-refractivity contribution in [2.45, 2.75) is 43.7 Å². The first-order valence-electron chi connectivity index (χ1n) is 5.42. The Morgan fingerprint density at radius 3 is 2.24 bits per heavy atom. The van der Waals surface area contributed by atoms with Gasteiger partial charge in [0.05, 0.1) is 6.10 Å². The van der Waals surface area contributed by atoms with Gasteiger partial charge in [0, 0.05) is 13.7 Å². The number of ether oxygens (including phenoxy) is 1. The molecule has 17 heavy (non-hydrogen) atoms. The molecule has 0 saturated heterocycles. The lowest BCUT2D eigenvalue weighted by Crippen LogP contribution is -2.49. The predicted molar refractivity (Wildman–Crippen MR) is 58.9 cm³/mol. The van der Waals surface area contributed by atoms with Crippen molar-refractivity contribution in [1.82, 2.24) is 0 Å². The minimum absolute atomic E-state index is 0.229. The van der Waals surface area contributed by atoms with Crippen LogP contribution < -0.4 is 5.73 Å². The number of aliphatic hydroxyl groups is 4. The first-order chi connectivity index (χ1) is 7.91. The SMILES string of the molecule is COCCCC[C@@H](O)[C@@H](O)[C@H](O)[C@@H](O)C(N)=O. The van der Waals surface area contributed by atoms with Crippen molar-refractivity contribution in [3.63, 3.8) is 0 Å². The van der Waals surface area contributed by atoms with Gasteiger partial charge in [0.1, 0.15) is 12.2 Å². The third-order valence-electron chi connectivity index (χ3n) is 2.46. The molecule has 0 saturated carbocycles. The zero-order valence-corrected chi connectivity index (χ0v) is 9.82. The quantitative estimate of drug-likeness (QED) is 0.293. The van der Waals surface area contributed by atoms with Gasteiger partial charge in [-0.05, 0) is 19.3 Å². The van der Waals surface area contributed by atoms with Crippen LogP contribution in [0, 0.1) is 0 Å². The van der Waals surface area contributed by atoms with Crippen molar-refractivity contribution < 1.29 is 30.0 Å². The summed E-state index contributed by atoms with van der Waals surface area (Å²) in [6, 6.07) is 0.